The molecule has 0 atom stereocenters. The second kappa shape index (κ2) is 16.5. The number of anilines is 2. The first-order valence-electron chi connectivity index (χ1n) is 15.0. The van der Waals surface area contributed by atoms with Crippen LogP contribution in [-0.2, 0) is 15.8 Å². The molecule has 1 aliphatic heterocycles. The van der Waals surface area contributed by atoms with Crippen LogP contribution in [0.15, 0.2) is 18.2 Å². The van der Waals surface area contributed by atoms with Gasteiger partial charge in [-0.2, -0.15) is 46.9 Å². The van der Waals surface area contributed by atoms with E-state index in [0.29, 0.717) is 18.2 Å². The van der Waals surface area contributed by atoms with Crippen LogP contribution >= 0.6 is 11.8 Å². The second-order valence-corrected chi connectivity index (χ2v) is 13.3. The lowest BCUT2D eigenvalue weighted by atomic mass is 10.0. The molecule has 262 valence electrons. The van der Waals surface area contributed by atoms with Crippen molar-refractivity contribution in [2.24, 2.45) is 0 Å². The first kappa shape index (κ1) is 39.6. The lowest BCUT2D eigenvalue weighted by Gasteiger charge is -2.27. The van der Waals surface area contributed by atoms with Crippen molar-refractivity contribution in [3.8, 4) is 0 Å². The van der Waals surface area contributed by atoms with Crippen LogP contribution in [0.3, 0.4) is 0 Å². The van der Waals surface area contributed by atoms with E-state index in [1.54, 1.807) is 14.1 Å². The number of likely N-dealkylation sites (N-methyl/N-ethyl adjacent to an activating group) is 1. The summed E-state index contributed by atoms with van der Waals surface area (Å²) in [5.41, 5.74) is -3.20. The molecule has 0 aliphatic carbocycles. The average molecular weight is 691 g/mol. The molecule has 46 heavy (non-hydrogen) atoms. The lowest BCUT2D eigenvalue weighted by Crippen LogP contribution is -2.44. The predicted molar refractivity (Wildman–Crippen MR) is 162 cm³/mol. The van der Waals surface area contributed by atoms with E-state index < -0.39 is 59.3 Å². The summed E-state index contributed by atoms with van der Waals surface area (Å²) in [4.78, 5) is 42.2. The zero-order valence-corrected chi connectivity index (χ0v) is 27.2. The van der Waals surface area contributed by atoms with Crippen LogP contribution in [-0.4, -0.2) is 84.0 Å². The van der Waals surface area contributed by atoms with Gasteiger partial charge in [-0.1, -0.05) is 32.1 Å². The van der Waals surface area contributed by atoms with Gasteiger partial charge in [0, 0.05) is 13.0 Å². The molecule has 0 bridgehead atoms. The molecule has 0 spiro atoms. The van der Waals surface area contributed by atoms with Crippen molar-refractivity contribution in [1.29, 1.82) is 0 Å². The number of imide groups is 1. The van der Waals surface area contributed by atoms with Gasteiger partial charge in [0.1, 0.15) is 5.54 Å². The largest absolute Gasteiger partial charge is 0.453 e. The molecule has 1 saturated heterocycles. The normalized spacial score (nSPS) is 15.8. The Morgan fingerprint density at radius 3 is 2.00 bits per heavy atom. The van der Waals surface area contributed by atoms with Crippen molar-refractivity contribution < 1.29 is 49.5 Å². The third-order valence-electron chi connectivity index (χ3n) is 7.49. The van der Waals surface area contributed by atoms with E-state index >= 15 is 0 Å². The molecule has 1 aliphatic rings. The Labute approximate surface area is 268 Å². The Bertz CT molecular complexity index is 1190. The van der Waals surface area contributed by atoms with Crippen LogP contribution in [0.2, 0.25) is 0 Å². The van der Waals surface area contributed by atoms with Crippen LogP contribution in [0.4, 0.5) is 51.3 Å². The number of hydrogen-bond donors (Lipinski definition) is 1. The fraction of sp³-hybridized carbons (Fsp3) is 0.700. The summed E-state index contributed by atoms with van der Waals surface area (Å²) in [6, 6.07) is 2.18. The van der Waals surface area contributed by atoms with E-state index in [1.165, 1.54) is 41.5 Å². The molecular formula is C30H42F8N4O3S. The maximum atomic E-state index is 13.9. The monoisotopic (exact) mass is 690 g/mol. The quantitative estimate of drug-likeness (QED) is 0.0956. The third kappa shape index (κ3) is 11.0. The number of carbonyl (C=O) groups is 3. The van der Waals surface area contributed by atoms with Crippen molar-refractivity contribution in [1.82, 2.24) is 9.80 Å². The van der Waals surface area contributed by atoms with Crippen LogP contribution in [0.1, 0.15) is 77.2 Å². The predicted octanol–water partition coefficient (Wildman–Crippen LogP) is 8.19. The molecule has 1 heterocycles. The molecule has 0 unspecified atom stereocenters. The minimum atomic E-state index is -5.51. The second-order valence-electron chi connectivity index (χ2n) is 12.0. The number of nitrogens with one attached hydrogen (secondary N) is 1. The van der Waals surface area contributed by atoms with Crippen LogP contribution in [0, 0.1) is 0 Å². The van der Waals surface area contributed by atoms with Gasteiger partial charge < -0.3 is 15.1 Å². The number of nitrogens with zero attached hydrogens (tertiary/aromatic N) is 3. The Balaban J connectivity index is 1.81. The zero-order valence-electron chi connectivity index (χ0n) is 26.4. The van der Waals surface area contributed by atoms with Gasteiger partial charge in [0.2, 0.25) is 5.91 Å². The number of benzene rings is 1. The van der Waals surface area contributed by atoms with Crippen molar-refractivity contribution in [3.05, 3.63) is 23.8 Å². The number of urea groups is 1. The van der Waals surface area contributed by atoms with Crippen molar-refractivity contribution in [3.63, 3.8) is 0 Å². The summed E-state index contributed by atoms with van der Waals surface area (Å²) in [5.74, 6) is -5.06. The average Bonchev–Trinajstić information content (AvgIpc) is 3.08. The highest BCUT2D eigenvalue weighted by molar-refractivity contribution is 7.99. The highest BCUT2D eigenvalue weighted by Crippen LogP contribution is 2.41. The lowest BCUT2D eigenvalue weighted by molar-refractivity contribution is -0.284. The highest BCUT2D eigenvalue weighted by atomic mass is 32.2. The van der Waals surface area contributed by atoms with Gasteiger partial charge in [-0.05, 0) is 76.9 Å². The topological polar surface area (TPSA) is 73.0 Å². The smallest absolute Gasteiger partial charge is 0.324 e. The molecule has 2 rings (SSSR count). The zero-order chi connectivity index (χ0) is 34.9. The molecule has 0 aromatic heterocycles. The number of carbonyl (C=O) groups excluding carboxylic acids is 3. The molecule has 7 nitrogen and oxygen atoms in total. The van der Waals surface area contributed by atoms with E-state index in [0.717, 1.165) is 49.5 Å². The van der Waals surface area contributed by atoms with Crippen LogP contribution in [0.5, 0.6) is 0 Å². The first-order chi connectivity index (χ1) is 21.2. The van der Waals surface area contributed by atoms with Gasteiger partial charge >= 0.3 is 24.3 Å². The molecule has 1 fully saturated rings. The van der Waals surface area contributed by atoms with E-state index in [9.17, 15) is 49.5 Å². The summed E-state index contributed by atoms with van der Waals surface area (Å²) in [5, 5.41) is 2.23. The number of amides is 4. The third-order valence-corrected chi connectivity index (χ3v) is 8.64. The summed E-state index contributed by atoms with van der Waals surface area (Å²) in [6.07, 6.45) is -6.15. The number of hydrogen-bond acceptors (Lipinski definition) is 5. The number of alkyl halides is 8. The number of unbranched alkanes of at least 4 members (excludes halogenated alkanes) is 6. The molecule has 1 aromatic carbocycles. The van der Waals surface area contributed by atoms with Gasteiger partial charge in [0.15, 0.2) is 0 Å². The van der Waals surface area contributed by atoms with Gasteiger partial charge in [0.05, 0.1) is 23.5 Å². The fourth-order valence-electron chi connectivity index (χ4n) is 4.93. The minimum absolute atomic E-state index is 0.142. The van der Waals surface area contributed by atoms with Gasteiger partial charge in [-0.15, -0.1) is 0 Å². The summed E-state index contributed by atoms with van der Waals surface area (Å²) in [7, 11) is 3.18. The van der Waals surface area contributed by atoms with E-state index in [2.05, 4.69) is 5.32 Å². The van der Waals surface area contributed by atoms with Gasteiger partial charge in [-0.25, -0.2) is 9.69 Å². The van der Waals surface area contributed by atoms with Crippen LogP contribution in [0.25, 0.3) is 0 Å². The van der Waals surface area contributed by atoms with Crippen LogP contribution < -0.4 is 10.2 Å². The Morgan fingerprint density at radius 1 is 0.870 bits per heavy atom. The van der Waals surface area contributed by atoms with Crippen molar-refractivity contribution >= 4 is 41.0 Å². The van der Waals surface area contributed by atoms with E-state index in [4.69, 9.17) is 0 Å². The molecule has 1 aromatic rings. The van der Waals surface area contributed by atoms with E-state index in [1.807, 2.05) is 0 Å². The molecule has 4 amide bonds. The summed E-state index contributed by atoms with van der Waals surface area (Å²) >= 11 is 1.35. The summed E-state index contributed by atoms with van der Waals surface area (Å²) < 4.78 is 104. The molecule has 1 N–H and O–H groups in total. The summed E-state index contributed by atoms with van der Waals surface area (Å²) in [6.45, 7) is 3.15. The van der Waals surface area contributed by atoms with Crippen molar-refractivity contribution in [2.45, 2.75) is 95.4 Å². The maximum absolute atomic E-state index is 13.9. The number of halogens is 8. The van der Waals surface area contributed by atoms with Gasteiger partial charge in [0.25, 0.3) is 5.91 Å². The SMILES string of the molecule is CN(C)CC(=O)Nc1ccc(N2C(=O)N(CCCCCCCCCSCCCC(F)(F)C(F)(F)F)C(C)(C)C2=O)cc1C(F)(F)F. The number of rotatable bonds is 18. The molecule has 16 heteroatoms. The first-order valence-corrected chi connectivity index (χ1v) is 16.2. The standard InChI is InChI=1S/C30H42F8N4O3S/c1-27(2)25(44)42(21-13-14-23(22(19-21)29(33,34)35)39-24(43)20-40(3)4)26(45)41(27)16-10-8-6-5-7-9-11-17-46-18-12-15-28(31,32)30(36,37)38/h13-14,19H,5-12,15-18,20H2,1-4H3,(H,39,43). The Kier molecular flexibility index (Phi) is 14.2. The molecule has 0 radical (unpaired) electrons. The highest BCUT2D eigenvalue weighted by Gasteiger charge is 2.56. The van der Waals surface area contributed by atoms with Gasteiger partial charge in [-0.3, -0.25) is 9.59 Å². The molecule has 0 saturated carbocycles. The Hall–Kier alpha value is -2.62. The Morgan fingerprint density at radius 2 is 1.43 bits per heavy atom. The minimum Gasteiger partial charge on any atom is -0.324 e. The number of thioether (sulfide) groups is 1. The van der Waals surface area contributed by atoms with E-state index in [-0.39, 0.29) is 31.0 Å². The maximum Gasteiger partial charge on any atom is 0.453 e. The van der Waals surface area contributed by atoms with Crippen molar-refractivity contribution in [2.75, 3.05) is 48.9 Å². The molecular weight excluding hydrogens is 648 g/mol. The fourth-order valence-corrected chi connectivity index (χ4v) is 5.89.